The Labute approximate surface area is 148 Å². The summed E-state index contributed by atoms with van der Waals surface area (Å²) in [4.78, 5) is 0. The van der Waals surface area contributed by atoms with Gasteiger partial charge in [-0.15, -0.1) is 0 Å². The maximum Gasteiger partial charge on any atom is 4.00 e. The van der Waals surface area contributed by atoms with Crippen LogP contribution in [0.15, 0.2) is 30.3 Å². The zero-order valence-electron chi connectivity index (χ0n) is 14.9. The van der Waals surface area contributed by atoms with Crippen molar-refractivity contribution < 1.29 is 25.8 Å². The minimum Gasteiger partial charge on any atom is -0.344 e. The molecule has 0 unspecified atom stereocenters. The molecule has 0 fully saturated rings. The zero-order valence-corrected chi connectivity index (χ0v) is 18.5. The van der Waals surface area contributed by atoms with Gasteiger partial charge in [-0.1, -0.05) is 40.0 Å². The summed E-state index contributed by atoms with van der Waals surface area (Å²) in [5.41, 5.74) is 0.485. The predicted octanol–water partition coefficient (Wildman–Crippen LogP) is 6.90. The van der Waals surface area contributed by atoms with Crippen molar-refractivity contribution in [1.82, 2.24) is 0 Å². The third kappa shape index (κ3) is 51.7. The van der Waals surface area contributed by atoms with Crippen molar-refractivity contribution in [2.75, 3.05) is 0 Å². The molecule has 0 aliphatic heterocycles. The minimum atomic E-state index is 0. The summed E-state index contributed by atoms with van der Waals surface area (Å²) in [7, 11) is 0. The summed E-state index contributed by atoms with van der Waals surface area (Å²) in [5, 5.41) is 0. The third-order valence-corrected chi connectivity index (χ3v) is 1.44. The largest absolute Gasteiger partial charge is 4.00 e. The van der Waals surface area contributed by atoms with Gasteiger partial charge < -0.3 is 19.8 Å². The molecule has 0 saturated heterocycles. The smallest absolute Gasteiger partial charge is 0.344 e. The zero-order chi connectivity index (χ0) is 15.7. The van der Waals surface area contributed by atoms with E-state index >= 15 is 0 Å². The Morgan fingerprint density at radius 1 is 0.950 bits per heavy atom. The molecule has 0 saturated carbocycles. The van der Waals surface area contributed by atoms with E-state index in [0.717, 1.165) is 12.8 Å². The Morgan fingerprint density at radius 3 is 1.30 bits per heavy atom. The minimum absolute atomic E-state index is 0. The summed E-state index contributed by atoms with van der Waals surface area (Å²) in [6, 6.07) is 10.0. The van der Waals surface area contributed by atoms with Crippen molar-refractivity contribution in [3.63, 3.8) is 0 Å². The Kier molecular flexibility index (Phi) is 30.5. The van der Waals surface area contributed by atoms with Crippen LogP contribution in [0.3, 0.4) is 0 Å². The Morgan fingerprint density at radius 2 is 1.25 bits per heavy atom. The van der Waals surface area contributed by atoms with E-state index in [1.165, 1.54) is 12.3 Å². The van der Waals surface area contributed by atoms with Crippen LogP contribution < -0.4 is 0 Å². The molecule has 0 aliphatic carbocycles. The Bertz CT molecular complexity index is 185. The van der Waals surface area contributed by atoms with E-state index in [9.17, 15) is 0 Å². The first-order valence-corrected chi connectivity index (χ1v) is 7.29. The normalized spacial score (nSPS) is 8.90. The molecule has 0 aromatic heterocycles. The van der Waals surface area contributed by atoms with Crippen LogP contribution in [0, 0.1) is 25.2 Å². The summed E-state index contributed by atoms with van der Waals surface area (Å²) in [5.74, 6) is 1.53. The topological polar surface area (TPSA) is 0 Å². The second kappa shape index (κ2) is 21.5. The summed E-state index contributed by atoms with van der Waals surface area (Å²) >= 11 is 0. The first-order chi connectivity index (χ1) is 8.74. The molecule has 0 amide bonds. The Hall–Kier alpha value is 0.220. The molecule has 0 radical (unpaired) electrons. The second-order valence-electron chi connectivity index (χ2n) is 5.91. The van der Waals surface area contributed by atoms with Crippen molar-refractivity contribution in [2.24, 2.45) is 5.41 Å². The number of hydrogen-bond donors (Lipinski definition) is 0. The monoisotopic (exact) mass is 444 g/mol. The summed E-state index contributed by atoms with van der Waals surface area (Å²) in [6.07, 6.45) is 3.24. The number of hydrogen-bond acceptors (Lipinski definition) is 0. The van der Waals surface area contributed by atoms with Gasteiger partial charge >= 0.3 is 25.8 Å². The van der Waals surface area contributed by atoms with Gasteiger partial charge in [-0.05, 0) is 0 Å². The molecular formula is C19H36Hf. The van der Waals surface area contributed by atoms with Crippen LogP contribution in [0.25, 0.3) is 0 Å². The summed E-state index contributed by atoms with van der Waals surface area (Å²) < 4.78 is 0. The standard InChI is InChI=1S/C8H17.C5H5.2C3H7.Hf/c1-7(2)6-8(3,4)5;1-2-4-5-3-1;2*1-3-2;/h6H2,1-5H3;1-5H;2*1,3H2,2H3;/q4*-1;+4. The van der Waals surface area contributed by atoms with Crippen molar-refractivity contribution in [2.45, 2.75) is 67.7 Å². The SMILES string of the molecule is C[C-](C)CC(C)(C)C.[CH2-]CC.[CH2-]CC.[Hf+4].c1cc[cH-]c1. The molecule has 1 heteroatoms. The molecule has 1 rings (SSSR count). The molecule has 1 aromatic carbocycles. The van der Waals surface area contributed by atoms with E-state index in [-0.39, 0.29) is 25.8 Å². The fourth-order valence-corrected chi connectivity index (χ4v) is 1.38. The van der Waals surface area contributed by atoms with Crippen LogP contribution in [0.2, 0.25) is 0 Å². The van der Waals surface area contributed by atoms with Gasteiger partial charge in [0.15, 0.2) is 0 Å². The van der Waals surface area contributed by atoms with Crippen LogP contribution in [-0.2, 0) is 25.8 Å². The van der Waals surface area contributed by atoms with E-state index in [4.69, 9.17) is 0 Å². The average molecular weight is 443 g/mol. The molecule has 0 aliphatic rings. The fraction of sp³-hybridized carbons (Fsp3) is 0.579. The van der Waals surface area contributed by atoms with Gasteiger partial charge in [0.25, 0.3) is 0 Å². The second-order valence-corrected chi connectivity index (χ2v) is 5.91. The third-order valence-electron chi connectivity index (χ3n) is 1.44. The van der Waals surface area contributed by atoms with Gasteiger partial charge in [-0.25, -0.2) is 12.1 Å². The average Bonchev–Trinajstić information content (AvgIpc) is 2.72. The van der Waals surface area contributed by atoms with Crippen molar-refractivity contribution in [1.29, 1.82) is 0 Å². The van der Waals surface area contributed by atoms with Gasteiger partial charge in [0.05, 0.1) is 0 Å². The molecule has 0 bridgehead atoms. The summed E-state index contributed by atoms with van der Waals surface area (Å²) in [6.45, 7) is 22.2. The van der Waals surface area contributed by atoms with Crippen molar-refractivity contribution in [3.05, 3.63) is 50.1 Å². The number of rotatable bonds is 1. The molecule has 0 N–H and O–H groups in total. The maximum absolute atomic E-state index is 3.49. The first kappa shape index (κ1) is 28.4. The molecule has 0 heterocycles. The van der Waals surface area contributed by atoms with Crippen LogP contribution in [-0.4, -0.2) is 0 Å². The van der Waals surface area contributed by atoms with Crippen molar-refractivity contribution in [3.8, 4) is 0 Å². The van der Waals surface area contributed by atoms with Crippen LogP contribution in [0.5, 0.6) is 0 Å². The molecule has 1 aromatic rings. The molecule has 20 heavy (non-hydrogen) atoms. The maximum atomic E-state index is 3.49. The van der Waals surface area contributed by atoms with Gasteiger partial charge in [-0.3, -0.25) is 0 Å². The fourth-order valence-electron chi connectivity index (χ4n) is 1.38. The van der Waals surface area contributed by atoms with E-state index in [0.29, 0.717) is 5.41 Å². The predicted molar refractivity (Wildman–Crippen MR) is 92.0 cm³/mol. The van der Waals surface area contributed by atoms with E-state index in [2.05, 4.69) is 48.5 Å². The van der Waals surface area contributed by atoms with Crippen molar-refractivity contribution >= 4 is 0 Å². The van der Waals surface area contributed by atoms with E-state index in [1.54, 1.807) is 0 Å². The first-order valence-electron chi connectivity index (χ1n) is 7.29. The molecular weight excluding hydrogens is 407 g/mol. The van der Waals surface area contributed by atoms with Gasteiger partial charge in [0.2, 0.25) is 0 Å². The molecule has 0 nitrogen and oxygen atoms in total. The van der Waals surface area contributed by atoms with E-state index in [1.807, 2.05) is 44.2 Å². The Balaban J connectivity index is -0.0000000922. The van der Waals surface area contributed by atoms with E-state index < -0.39 is 0 Å². The van der Waals surface area contributed by atoms with Crippen LogP contribution >= 0.6 is 0 Å². The van der Waals surface area contributed by atoms with Gasteiger partial charge in [0, 0.05) is 0 Å². The van der Waals surface area contributed by atoms with Crippen LogP contribution in [0.1, 0.15) is 67.7 Å². The van der Waals surface area contributed by atoms with Gasteiger partial charge in [0.1, 0.15) is 0 Å². The van der Waals surface area contributed by atoms with Crippen LogP contribution in [0.4, 0.5) is 0 Å². The van der Waals surface area contributed by atoms with Gasteiger partial charge in [-0.2, -0.15) is 51.3 Å². The quantitative estimate of drug-likeness (QED) is 0.327. The molecule has 0 atom stereocenters. The molecule has 116 valence electrons. The molecule has 0 spiro atoms.